The number of aliphatic carboxylic acids is 1. The van der Waals surface area contributed by atoms with Gasteiger partial charge < -0.3 is 16.2 Å². The third-order valence-corrected chi connectivity index (χ3v) is 2.83. The van der Waals surface area contributed by atoms with Crippen LogP contribution in [0, 0.1) is 10.1 Å². The molecule has 0 amide bonds. The van der Waals surface area contributed by atoms with Gasteiger partial charge in [0, 0.05) is 13.1 Å². The Kier molecular flexibility index (Phi) is 7.34. The van der Waals surface area contributed by atoms with Gasteiger partial charge in [0.05, 0.1) is 0 Å². The molecule has 0 saturated heterocycles. The monoisotopic (exact) mass is 309 g/mol. The molecule has 1 rings (SSSR count). The van der Waals surface area contributed by atoms with Crippen molar-refractivity contribution in [2.24, 2.45) is 10.7 Å². The molecule has 9 nitrogen and oxygen atoms in total. The minimum absolute atomic E-state index is 0.212. The Hall–Kier alpha value is -2.68. The number of aliphatic imine (C=N–C) groups is 1. The first-order valence-corrected chi connectivity index (χ1v) is 6.70. The standard InChI is InChI=1S/C13H19N5O4/c14-13(17-18(21)22)15-8-4-7-11(12(19)20)16-9-10-5-2-1-3-6-10/h1-3,5-6,11,16H,4,7-9H2,(H,19,20)(H3,14,15,17). The topological polar surface area (TPSA) is 143 Å². The minimum Gasteiger partial charge on any atom is -0.480 e. The molecule has 1 atom stereocenters. The summed E-state index contributed by atoms with van der Waals surface area (Å²) in [5.41, 5.74) is 7.96. The number of hydrogen-bond acceptors (Lipinski definition) is 5. The highest BCUT2D eigenvalue weighted by Crippen LogP contribution is 2.02. The van der Waals surface area contributed by atoms with Gasteiger partial charge in [-0.3, -0.25) is 4.79 Å². The maximum Gasteiger partial charge on any atom is 0.320 e. The summed E-state index contributed by atoms with van der Waals surface area (Å²) in [6.45, 7) is 0.662. The normalized spacial score (nSPS) is 12.6. The van der Waals surface area contributed by atoms with Crippen molar-refractivity contribution in [3.63, 3.8) is 0 Å². The van der Waals surface area contributed by atoms with Gasteiger partial charge in [-0.1, -0.05) is 35.8 Å². The Labute approximate surface area is 127 Å². The fourth-order valence-electron chi connectivity index (χ4n) is 1.77. The number of carboxylic acid groups (broad SMARTS) is 1. The third kappa shape index (κ3) is 7.20. The largest absolute Gasteiger partial charge is 0.480 e. The number of benzene rings is 1. The lowest BCUT2D eigenvalue weighted by Crippen LogP contribution is -2.37. The number of guanidine groups is 1. The van der Waals surface area contributed by atoms with E-state index < -0.39 is 17.0 Å². The number of nitro groups is 1. The van der Waals surface area contributed by atoms with Crippen LogP contribution in [0.2, 0.25) is 0 Å². The summed E-state index contributed by atoms with van der Waals surface area (Å²) in [5.74, 6) is -1.24. The Morgan fingerprint density at radius 2 is 2.09 bits per heavy atom. The molecule has 0 spiro atoms. The van der Waals surface area contributed by atoms with Crippen molar-refractivity contribution in [1.29, 1.82) is 0 Å². The van der Waals surface area contributed by atoms with Crippen LogP contribution >= 0.6 is 0 Å². The first kappa shape index (κ1) is 17.4. The highest BCUT2D eigenvalue weighted by Gasteiger charge is 2.15. The number of nitrogens with zero attached hydrogens (tertiary/aromatic N) is 2. The predicted molar refractivity (Wildman–Crippen MR) is 80.6 cm³/mol. The van der Waals surface area contributed by atoms with Crippen LogP contribution in [0.1, 0.15) is 18.4 Å². The molecule has 0 fully saturated rings. The molecule has 0 saturated carbocycles. The van der Waals surface area contributed by atoms with Crippen LogP contribution in [0.4, 0.5) is 0 Å². The second-order valence-electron chi connectivity index (χ2n) is 4.54. The van der Waals surface area contributed by atoms with E-state index in [1.54, 1.807) is 5.43 Å². The molecule has 0 heterocycles. The van der Waals surface area contributed by atoms with E-state index in [1.165, 1.54) is 0 Å². The summed E-state index contributed by atoms with van der Waals surface area (Å²) in [6.07, 6.45) is 0.788. The Bertz CT molecular complexity index is 520. The summed E-state index contributed by atoms with van der Waals surface area (Å²) in [5, 5.41) is 21.4. The molecule has 22 heavy (non-hydrogen) atoms. The van der Waals surface area contributed by atoms with E-state index >= 15 is 0 Å². The van der Waals surface area contributed by atoms with Crippen molar-refractivity contribution in [2.45, 2.75) is 25.4 Å². The van der Waals surface area contributed by atoms with Crippen LogP contribution in [-0.2, 0) is 11.3 Å². The van der Waals surface area contributed by atoms with E-state index in [-0.39, 0.29) is 12.5 Å². The number of carboxylic acids is 1. The summed E-state index contributed by atoms with van der Waals surface area (Å²) in [7, 11) is 0. The minimum atomic E-state index is -0.948. The highest BCUT2D eigenvalue weighted by atomic mass is 16.7. The molecule has 0 aliphatic rings. The number of nitrogens with two attached hydrogens (primary N) is 1. The van der Waals surface area contributed by atoms with E-state index in [0.717, 1.165) is 5.56 Å². The maximum atomic E-state index is 11.2. The average Bonchev–Trinajstić information content (AvgIpc) is 2.46. The van der Waals surface area contributed by atoms with Crippen LogP contribution in [-0.4, -0.2) is 34.7 Å². The van der Waals surface area contributed by atoms with Gasteiger partial charge in [-0.2, -0.15) is 0 Å². The van der Waals surface area contributed by atoms with Crippen molar-refractivity contribution in [3.05, 3.63) is 46.0 Å². The smallest absolute Gasteiger partial charge is 0.320 e. The van der Waals surface area contributed by atoms with E-state index in [1.807, 2.05) is 30.3 Å². The molecular formula is C13H19N5O4. The molecule has 120 valence electrons. The summed E-state index contributed by atoms with van der Waals surface area (Å²) < 4.78 is 0. The van der Waals surface area contributed by atoms with E-state index in [0.29, 0.717) is 19.4 Å². The molecule has 1 aromatic carbocycles. The Morgan fingerprint density at radius 1 is 1.41 bits per heavy atom. The summed E-state index contributed by atoms with van der Waals surface area (Å²) in [4.78, 5) is 25.0. The fraction of sp³-hybridized carbons (Fsp3) is 0.385. The van der Waals surface area contributed by atoms with Gasteiger partial charge in [0.25, 0.3) is 5.96 Å². The molecule has 1 unspecified atom stereocenters. The molecule has 1 aromatic rings. The van der Waals surface area contributed by atoms with Gasteiger partial charge in [0.2, 0.25) is 0 Å². The zero-order chi connectivity index (χ0) is 16.4. The highest BCUT2D eigenvalue weighted by molar-refractivity contribution is 5.76. The van der Waals surface area contributed by atoms with Crippen LogP contribution in [0.15, 0.2) is 35.3 Å². The molecule has 0 aliphatic heterocycles. The molecule has 0 aromatic heterocycles. The fourth-order valence-corrected chi connectivity index (χ4v) is 1.77. The van der Waals surface area contributed by atoms with Crippen LogP contribution in [0.3, 0.4) is 0 Å². The van der Waals surface area contributed by atoms with Gasteiger partial charge in [-0.05, 0) is 18.4 Å². The first-order chi connectivity index (χ1) is 10.5. The predicted octanol–water partition coefficient (Wildman–Crippen LogP) is 0.106. The SMILES string of the molecule is NC(=NCCCC(NCc1ccccc1)C(=O)O)N[N+](=O)[O-]. The second kappa shape index (κ2) is 9.29. The first-order valence-electron chi connectivity index (χ1n) is 6.70. The van der Waals surface area contributed by atoms with Crippen molar-refractivity contribution in [1.82, 2.24) is 10.7 Å². The van der Waals surface area contributed by atoms with Gasteiger partial charge in [-0.25, -0.2) is 15.1 Å². The molecule has 0 bridgehead atoms. The van der Waals surface area contributed by atoms with Crippen LogP contribution in [0.25, 0.3) is 0 Å². The van der Waals surface area contributed by atoms with Gasteiger partial charge >= 0.3 is 5.97 Å². The lowest BCUT2D eigenvalue weighted by molar-refractivity contribution is -0.525. The van der Waals surface area contributed by atoms with Gasteiger partial charge in [0.15, 0.2) is 5.03 Å². The second-order valence-corrected chi connectivity index (χ2v) is 4.54. The molecule has 0 radical (unpaired) electrons. The van der Waals surface area contributed by atoms with E-state index in [9.17, 15) is 14.9 Å². The Morgan fingerprint density at radius 3 is 2.68 bits per heavy atom. The number of rotatable bonds is 9. The van der Waals surface area contributed by atoms with Gasteiger partial charge in [-0.15, -0.1) is 0 Å². The van der Waals surface area contributed by atoms with Gasteiger partial charge in [0.1, 0.15) is 6.04 Å². The van der Waals surface area contributed by atoms with Crippen molar-refractivity contribution in [3.8, 4) is 0 Å². The summed E-state index contributed by atoms with van der Waals surface area (Å²) in [6, 6.07) is 8.75. The van der Waals surface area contributed by atoms with E-state index in [4.69, 9.17) is 10.8 Å². The number of hydrogen-bond donors (Lipinski definition) is 4. The molecular weight excluding hydrogens is 290 g/mol. The Balaban J connectivity index is 2.35. The van der Waals surface area contributed by atoms with Crippen molar-refractivity contribution in [2.75, 3.05) is 6.54 Å². The lowest BCUT2D eigenvalue weighted by Gasteiger charge is -2.13. The number of hydrazine groups is 1. The third-order valence-electron chi connectivity index (χ3n) is 2.83. The maximum absolute atomic E-state index is 11.2. The summed E-state index contributed by atoms with van der Waals surface area (Å²) >= 11 is 0. The lowest BCUT2D eigenvalue weighted by atomic mass is 10.1. The number of carbonyl (C=O) groups is 1. The zero-order valence-electron chi connectivity index (χ0n) is 11.9. The molecule has 0 aliphatic carbocycles. The molecule has 5 N–H and O–H groups in total. The zero-order valence-corrected chi connectivity index (χ0v) is 11.9. The quantitative estimate of drug-likeness (QED) is 0.166. The molecule has 9 heteroatoms. The van der Waals surface area contributed by atoms with Crippen molar-refractivity contribution < 1.29 is 14.9 Å². The van der Waals surface area contributed by atoms with Crippen molar-refractivity contribution >= 4 is 11.9 Å². The number of nitrogens with one attached hydrogen (secondary N) is 2. The van der Waals surface area contributed by atoms with Crippen LogP contribution in [0.5, 0.6) is 0 Å². The van der Waals surface area contributed by atoms with Crippen LogP contribution < -0.4 is 16.5 Å². The van der Waals surface area contributed by atoms with E-state index in [2.05, 4.69) is 10.3 Å². The average molecular weight is 309 g/mol.